The van der Waals surface area contributed by atoms with Gasteiger partial charge in [0.2, 0.25) is 0 Å². The van der Waals surface area contributed by atoms with Crippen molar-refractivity contribution in [3.63, 3.8) is 0 Å². The molecule has 0 amide bonds. The Morgan fingerprint density at radius 2 is 2.15 bits per heavy atom. The summed E-state index contributed by atoms with van der Waals surface area (Å²) in [4.78, 5) is 14.0. The molecule has 0 fully saturated rings. The molecule has 3 nitrogen and oxygen atoms in total. The van der Waals surface area contributed by atoms with Crippen LogP contribution in [0.3, 0.4) is 0 Å². The molecule has 0 unspecified atom stereocenters. The van der Waals surface area contributed by atoms with Crippen molar-refractivity contribution in [1.82, 2.24) is 0 Å². The van der Waals surface area contributed by atoms with Gasteiger partial charge in [0.05, 0.1) is 19.4 Å². The minimum Gasteiger partial charge on any atom is -0.397 e. The van der Waals surface area contributed by atoms with Gasteiger partial charge in [-0.15, -0.1) is 22.7 Å². The molecule has 2 aromatic heterocycles. The molecule has 0 spiro atoms. The standard InChI is InChI=1S/C14H17BrN2OS2/c1-8(2)13(18)14-10(16)7-12(20-14)17-6-5-9-3-4-11(15)19-9/h3-4,7-8,17H,5-6,16H2,1-2H3. The molecule has 0 atom stereocenters. The van der Waals surface area contributed by atoms with Crippen LogP contribution >= 0.6 is 38.6 Å². The number of hydrogen-bond acceptors (Lipinski definition) is 5. The summed E-state index contributed by atoms with van der Waals surface area (Å²) in [5, 5.41) is 4.30. The summed E-state index contributed by atoms with van der Waals surface area (Å²) < 4.78 is 1.15. The molecule has 3 N–H and O–H groups in total. The number of nitrogen functional groups attached to an aromatic ring is 1. The van der Waals surface area contributed by atoms with Crippen LogP contribution in [0.25, 0.3) is 0 Å². The van der Waals surface area contributed by atoms with E-state index in [-0.39, 0.29) is 11.7 Å². The molecule has 0 aromatic carbocycles. The first-order chi connectivity index (χ1) is 9.47. The molecular formula is C14H17BrN2OS2. The zero-order valence-electron chi connectivity index (χ0n) is 11.4. The van der Waals surface area contributed by atoms with E-state index in [1.54, 1.807) is 11.3 Å². The molecule has 0 aliphatic carbocycles. The van der Waals surface area contributed by atoms with Gasteiger partial charge in [0.25, 0.3) is 0 Å². The molecule has 0 radical (unpaired) electrons. The first-order valence-corrected chi connectivity index (χ1v) is 8.81. The molecule has 0 saturated heterocycles. The van der Waals surface area contributed by atoms with Crippen molar-refractivity contribution < 1.29 is 4.79 Å². The number of thiophene rings is 2. The third-order valence-electron chi connectivity index (χ3n) is 2.81. The highest BCUT2D eigenvalue weighted by Crippen LogP contribution is 2.31. The highest BCUT2D eigenvalue weighted by Gasteiger charge is 2.17. The summed E-state index contributed by atoms with van der Waals surface area (Å²) in [5.41, 5.74) is 6.49. The van der Waals surface area contributed by atoms with Gasteiger partial charge in [-0.1, -0.05) is 13.8 Å². The highest BCUT2D eigenvalue weighted by atomic mass is 79.9. The second-order valence-electron chi connectivity index (χ2n) is 4.80. The largest absolute Gasteiger partial charge is 0.397 e. The smallest absolute Gasteiger partial charge is 0.177 e. The molecule has 20 heavy (non-hydrogen) atoms. The molecule has 6 heteroatoms. The maximum absolute atomic E-state index is 12.0. The normalized spacial score (nSPS) is 11.0. The van der Waals surface area contributed by atoms with E-state index in [0.717, 1.165) is 21.8 Å². The lowest BCUT2D eigenvalue weighted by molar-refractivity contribution is 0.0944. The van der Waals surface area contributed by atoms with Crippen LogP contribution in [0.2, 0.25) is 0 Å². The fourth-order valence-electron chi connectivity index (χ4n) is 1.74. The summed E-state index contributed by atoms with van der Waals surface area (Å²) in [6, 6.07) is 6.03. The number of anilines is 2. The first-order valence-electron chi connectivity index (χ1n) is 6.39. The van der Waals surface area contributed by atoms with Gasteiger partial charge < -0.3 is 11.1 Å². The van der Waals surface area contributed by atoms with Crippen LogP contribution in [0.1, 0.15) is 28.4 Å². The van der Waals surface area contributed by atoms with Crippen molar-refractivity contribution in [3.05, 3.63) is 31.7 Å². The Morgan fingerprint density at radius 1 is 1.40 bits per heavy atom. The van der Waals surface area contributed by atoms with Gasteiger partial charge in [0.1, 0.15) is 0 Å². The van der Waals surface area contributed by atoms with E-state index < -0.39 is 0 Å². The van der Waals surface area contributed by atoms with Crippen molar-refractivity contribution in [1.29, 1.82) is 0 Å². The molecule has 0 bridgehead atoms. The lowest BCUT2D eigenvalue weighted by Gasteiger charge is -2.02. The van der Waals surface area contributed by atoms with Crippen molar-refractivity contribution in [2.45, 2.75) is 20.3 Å². The number of halogens is 1. The maximum atomic E-state index is 12.0. The molecule has 2 heterocycles. The number of carbonyl (C=O) groups excluding carboxylic acids is 1. The van der Waals surface area contributed by atoms with Crippen molar-refractivity contribution in [2.24, 2.45) is 5.92 Å². The predicted octanol–water partition coefficient (Wildman–Crippen LogP) is 4.65. The van der Waals surface area contributed by atoms with Gasteiger partial charge >= 0.3 is 0 Å². The molecular weight excluding hydrogens is 356 g/mol. The van der Waals surface area contributed by atoms with E-state index in [4.69, 9.17) is 5.73 Å². The van der Waals surface area contributed by atoms with Gasteiger partial charge in [0, 0.05) is 17.3 Å². The second-order valence-corrected chi connectivity index (χ2v) is 8.40. The Labute approximate surface area is 135 Å². The molecule has 0 saturated carbocycles. The Bertz CT molecular complexity index is 604. The fourth-order valence-corrected chi connectivity index (χ4v) is 4.32. The van der Waals surface area contributed by atoms with Crippen LogP contribution in [0, 0.1) is 5.92 Å². The highest BCUT2D eigenvalue weighted by molar-refractivity contribution is 9.11. The van der Waals surface area contributed by atoms with Crippen LogP contribution < -0.4 is 11.1 Å². The molecule has 108 valence electrons. The van der Waals surface area contributed by atoms with Crippen molar-refractivity contribution >= 4 is 55.1 Å². The Kier molecular flexibility index (Phi) is 5.23. The van der Waals surface area contributed by atoms with Gasteiger partial charge in [0.15, 0.2) is 5.78 Å². The van der Waals surface area contributed by atoms with Gasteiger partial charge in [-0.25, -0.2) is 0 Å². The van der Waals surface area contributed by atoms with E-state index in [9.17, 15) is 4.79 Å². The fraction of sp³-hybridized carbons (Fsp3) is 0.357. The monoisotopic (exact) mass is 372 g/mol. The zero-order valence-corrected chi connectivity index (χ0v) is 14.6. The number of Topliss-reactive ketones (excluding diaryl/α,β-unsaturated/α-hetero) is 1. The van der Waals surface area contributed by atoms with E-state index in [2.05, 4.69) is 33.4 Å². The summed E-state index contributed by atoms with van der Waals surface area (Å²) in [5.74, 6) is 0.0926. The third-order valence-corrected chi connectivity index (χ3v) is 5.61. The average Bonchev–Trinajstić information content (AvgIpc) is 2.95. The SMILES string of the molecule is CC(C)C(=O)c1sc(NCCc2ccc(Br)s2)cc1N. The summed E-state index contributed by atoms with van der Waals surface area (Å²) in [7, 11) is 0. The lowest BCUT2D eigenvalue weighted by atomic mass is 10.1. The topological polar surface area (TPSA) is 55.1 Å². The van der Waals surface area contributed by atoms with Crippen LogP contribution in [0.15, 0.2) is 22.0 Å². The van der Waals surface area contributed by atoms with Gasteiger partial charge in [-0.05, 0) is 40.5 Å². The minimum atomic E-state index is -0.0210. The number of ketones is 1. The summed E-state index contributed by atoms with van der Waals surface area (Å²) in [6.07, 6.45) is 0.960. The average molecular weight is 373 g/mol. The number of rotatable bonds is 6. The third kappa shape index (κ3) is 3.84. The quantitative estimate of drug-likeness (QED) is 0.725. The number of nitrogens with two attached hydrogens (primary N) is 1. The molecule has 0 aliphatic heterocycles. The second kappa shape index (κ2) is 6.74. The Balaban J connectivity index is 1.94. The molecule has 2 aromatic rings. The van der Waals surface area contributed by atoms with Crippen molar-refractivity contribution in [2.75, 3.05) is 17.6 Å². The molecule has 0 aliphatic rings. The zero-order chi connectivity index (χ0) is 14.7. The van der Waals surface area contributed by atoms with Crippen LogP contribution in [-0.4, -0.2) is 12.3 Å². The number of nitrogens with one attached hydrogen (secondary N) is 1. The molecule has 2 rings (SSSR count). The predicted molar refractivity (Wildman–Crippen MR) is 92.1 cm³/mol. The first kappa shape index (κ1) is 15.5. The van der Waals surface area contributed by atoms with E-state index >= 15 is 0 Å². The summed E-state index contributed by atoms with van der Waals surface area (Å²) in [6.45, 7) is 4.62. The van der Waals surface area contributed by atoms with Crippen molar-refractivity contribution in [3.8, 4) is 0 Å². The van der Waals surface area contributed by atoms with Crippen LogP contribution in [-0.2, 0) is 6.42 Å². The van der Waals surface area contributed by atoms with Gasteiger partial charge in [-0.3, -0.25) is 4.79 Å². The Morgan fingerprint density at radius 3 is 2.75 bits per heavy atom. The maximum Gasteiger partial charge on any atom is 0.177 e. The summed E-state index contributed by atoms with van der Waals surface area (Å²) >= 11 is 6.64. The number of hydrogen-bond donors (Lipinski definition) is 2. The Hall–Kier alpha value is -0.850. The lowest BCUT2D eigenvalue weighted by Crippen LogP contribution is -2.07. The minimum absolute atomic E-state index is 0.0210. The van der Waals surface area contributed by atoms with E-state index in [1.165, 1.54) is 16.2 Å². The van der Waals surface area contributed by atoms with Gasteiger partial charge in [-0.2, -0.15) is 0 Å². The van der Waals surface area contributed by atoms with E-state index in [0.29, 0.717) is 10.6 Å². The van der Waals surface area contributed by atoms with Crippen LogP contribution in [0.4, 0.5) is 10.7 Å². The van der Waals surface area contributed by atoms with E-state index in [1.807, 2.05) is 19.9 Å². The van der Waals surface area contributed by atoms with Crippen LogP contribution in [0.5, 0.6) is 0 Å². The number of carbonyl (C=O) groups is 1.